The van der Waals surface area contributed by atoms with E-state index in [4.69, 9.17) is 18.9 Å². The van der Waals surface area contributed by atoms with E-state index in [-0.39, 0.29) is 57.4 Å². The minimum Gasteiger partial charge on any atom is -0.394 e. The summed E-state index contributed by atoms with van der Waals surface area (Å²) in [5, 5.41) is 108. The predicted octanol–water partition coefficient (Wildman–Crippen LogP) is 0.810. The largest absolute Gasteiger partial charge is 0.394 e. The molecule has 5 aliphatic carbocycles. The van der Waals surface area contributed by atoms with Gasteiger partial charge < -0.3 is 70.0 Å². The molecule has 2 heterocycles. The van der Waals surface area contributed by atoms with E-state index < -0.39 is 98.4 Å². The second-order valence-electron chi connectivity index (χ2n) is 20.8. The van der Waals surface area contributed by atoms with Crippen molar-refractivity contribution < 1.29 is 70.0 Å². The Kier molecular flexibility index (Phi) is 11.7. The minimum absolute atomic E-state index is 0.0251. The summed E-state index contributed by atoms with van der Waals surface area (Å²) in [5.74, 6) is 0.808. The lowest BCUT2D eigenvalue weighted by Crippen LogP contribution is -2.66. The van der Waals surface area contributed by atoms with Gasteiger partial charge in [0.25, 0.3) is 0 Å². The summed E-state index contributed by atoms with van der Waals surface area (Å²) < 4.78 is 24.3. The first kappa shape index (κ1) is 43.5. The van der Waals surface area contributed by atoms with Crippen molar-refractivity contribution in [2.45, 2.75) is 192 Å². The van der Waals surface area contributed by atoms with Crippen LogP contribution in [0.2, 0.25) is 0 Å². The second-order valence-corrected chi connectivity index (χ2v) is 20.8. The Morgan fingerprint density at radius 3 is 1.91 bits per heavy atom. The van der Waals surface area contributed by atoms with Gasteiger partial charge in [0.15, 0.2) is 12.6 Å². The fourth-order valence-electron chi connectivity index (χ4n) is 14.5. The van der Waals surface area contributed by atoms with Gasteiger partial charge in [0.1, 0.15) is 48.8 Å². The van der Waals surface area contributed by atoms with Gasteiger partial charge in [-0.2, -0.15) is 0 Å². The van der Waals surface area contributed by atoms with E-state index in [1.165, 1.54) is 0 Å². The Bertz CT molecular complexity index is 1400. The molecule has 7 aliphatic rings. The molecule has 22 unspecified atom stereocenters. The van der Waals surface area contributed by atoms with Gasteiger partial charge in [-0.15, -0.1) is 0 Å². The number of hydrogen-bond donors (Lipinski definition) is 10. The van der Waals surface area contributed by atoms with Crippen molar-refractivity contribution in [3.05, 3.63) is 0 Å². The molecule has 10 N–H and O–H groups in total. The normalized spacial score (nSPS) is 54.8. The highest BCUT2D eigenvalue weighted by Crippen LogP contribution is 2.89. The number of ether oxygens (including phenoxy) is 4. The van der Waals surface area contributed by atoms with Crippen molar-refractivity contribution in [3.63, 3.8) is 0 Å². The van der Waals surface area contributed by atoms with E-state index in [2.05, 4.69) is 34.6 Å². The van der Waals surface area contributed by atoms with E-state index >= 15 is 0 Å². The molecule has 2 spiro atoms. The lowest BCUT2D eigenvalue weighted by Gasteiger charge is -2.64. The fraction of sp³-hybridized carbons (Fsp3) is 1.00. The molecule has 2 aliphatic heterocycles. The van der Waals surface area contributed by atoms with Gasteiger partial charge in [0.05, 0.1) is 37.6 Å². The lowest BCUT2D eigenvalue weighted by atomic mass is 9.41. The molecular formula is C42H72O14. The molecule has 0 aromatic rings. The van der Waals surface area contributed by atoms with Gasteiger partial charge in [-0.1, -0.05) is 48.5 Å². The summed E-state index contributed by atoms with van der Waals surface area (Å²) in [4.78, 5) is 0. The van der Waals surface area contributed by atoms with Crippen LogP contribution in [0.3, 0.4) is 0 Å². The third-order valence-electron chi connectivity index (χ3n) is 17.7. The van der Waals surface area contributed by atoms with Crippen LogP contribution >= 0.6 is 0 Å². The molecule has 2 saturated heterocycles. The van der Waals surface area contributed by atoms with Crippen molar-refractivity contribution in [1.82, 2.24) is 0 Å². The van der Waals surface area contributed by atoms with E-state index in [1.54, 1.807) is 0 Å². The third-order valence-corrected chi connectivity index (χ3v) is 17.7. The third kappa shape index (κ3) is 6.24. The van der Waals surface area contributed by atoms with E-state index in [0.29, 0.717) is 25.7 Å². The van der Waals surface area contributed by atoms with Crippen LogP contribution in [-0.4, -0.2) is 150 Å². The minimum atomic E-state index is -1.76. The maximum absolute atomic E-state index is 12.5. The van der Waals surface area contributed by atoms with E-state index in [9.17, 15) is 51.1 Å². The molecule has 14 heteroatoms. The lowest BCUT2D eigenvalue weighted by molar-refractivity contribution is -0.377. The number of aliphatic hydroxyl groups excluding tert-OH is 10. The van der Waals surface area contributed by atoms with Crippen molar-refractivity contribution in [1.29, 1.82) is 0 Å². The van der Waals surface area contributed by atoms with Crippen molar-refractivity contribution in [3.8, 4) is 0 Å². The SMILES string of the molecule is CC(C)C(O)CCC(C)C1C(O)CC2(C)C3CCC4C(C)(C)C(OC5OC(CO)C(O)C(O)C5OC5OC(CO)C(O)C(O)C5O)CCC45CC35C(O)CC12C. The second kappa shape index (κ2) is 15.1. The average Bonchev–Trinajstić information content (AvgIpc) is 3.78. The Morgan fingerprint density at radius 2 is 1.29 bits per heavy atom. The van der Waals surface area contributed by atoms with Gasteiger partial charge in [0.2, 0.25) is 0 Å². The Morgan fingerprint density at radius 1 is 0.679 bits per heavy atom. The van der Waals surface area contributed by atoms with Crippen LogP contribution in [-0.2, 0) is 18.9 Å². The summed E-state index contributed by atoms with van der Waals surface area (Å²) in [6.45, 7) is 14.0. The van der Waals surface area contributed by atoms with Crippen LogP contribution in [0.15, 0.2) is 0 Å². The van der Waals surface area contributed by atoms with Crippen molar-refractivity contribution in [2.24, 2.45) is 56.7 Å². The maximum atomic E-state index is 12.5. The molecule has 22 atom stereocenters. The maximum Gasteiger partial charge on any atom is 0.187 e. The fourth-order valence-corrected chi connectivity index (χ4v) is 14.5. The zero-order chi connectivity index (χ0) is 41.1. The Labute approximate surface area is 331 Å². The first-order valence-electron chi connectivity index (χ1n) is 21.4. The van der Waals surface area contributed by atoms with Gasteiger partial charge in [0, 0.05) is 5.41 Å². The Balaban J connectivity index is 1.11. The molecule has 0 aromatic heterocycles. The van der Waals surface area contributed by atoms with Crippen LogP contribution in [0.1, 0.15) is 106 Å². The molecule has 14 nitrogen and oxygen atoms in total. The van der Waals surface area contributed by atoms with Gasteiger partial charge in [-0.05, 0) is 109 Å². The zero-order valence-electron chi connectivity index (χ0n) is 34.4. The average molecular weight is 801 g/mol. The van der Waals surface area contributed by atoms with Crippen molar-refractivity contribution in [2.75, 3.05) is 13.2 Å². The number of fused-ring (bicyclic) bond motifs is 2. The molecule has 0 aromatic carbocycles. The number of hydrogen-bond acceptors (Lipinski definition) is 14. The van der Waals surface area contributed by atoms with Gasteiger partial charge in [-0.3, -0.25) is 0 Å². The van der Waals surface area contributed by atoms with Crippen LogP contribution in [0.5, 0.6) is 0 Å². The molecular weight excluding hydrogens is 728 g/mol. The zero-order valence-corrected chi connectivity index (χ0v) is 34.4. The predicted molar refractivity (Wildman–Crippen MR) is 200 cm³/mol. The molecule has 0 bridgehead atoms. The molecule has 5 saturated carbocycles. The topological polar surface area (TPSA) is 239 Å². The highest BCUT2D eigenvalue weighted by Gasteiger charge is 2.85. The molecule has 324 valence electrons. The van der Waals surface area contributed by atoms with E-state index in [0.717, 1.165) is 32.1 Å². The van der Waals surface area contributed by atoms with Gasteiger partial charge in [-0.25, -0.2) is 0 Å². The first-order chi connectivity index (χ1) is 26.2. The van der Waals surface area contributed by atoms with Crippen LogP contribution in [0, 0.1) is 56.7 Å². The first-order valence-corrected chi connectivity index (χ1v) is 21.4. The smallest absolute Gasteiger partial charge is 0.187 e. The summed E-state index contributed by atoms with van der Waals surface area (Å²) in [6, 6.07) is 0. The standard InChI is InChI=1S/C42H72O14/c1-19(2)21(45)9-8-20(3)29-22(46)14-39(6)26-11-10-25-38(4,5)28(12-13-41(25)18-42(26,41)27(47)15-40(29,39)7)55-37-35(33(51)31(49)24(17-44)54-37)56-36-34(52)32(50)30(48)23(16-43)53-36/h19-37,43-52H,8-18H2,1-7H3. The number of aliphatic hydroxyl groups is 10. The van der Waals surface area contributed by atoms with Crippen LogP contribution in [0.4, 0.5) is 0 Å². The highest BCUT2D eigenvalue weighted by molar-refractivity contribution is 5.33. The van der Waals surface area contributed by atoms with Crippen molar-refractivity contribution >= 4 is 0 Å². The summed E-state index contributed by atoms with van der Waals surface area (Å²) >= 11 is 0. The van der Waals surface area contributed by atoms with E-state index in [1.807, 2.05) is 13.8 Å². The molecule has 7 fully saturated rings. The summed E-state index contributed by atoms with van der Waals surface area (Å²) in [6.07, 6.45) is -10.0. The Hall–Kier alpha value is -0.560. The molecule has 0 amide bonds. The van der Waals surface area contributed by atoms with Gasteiger partial charge >= 0.3 is 0 Å². The highest BCUT2D eigenvalue weighted by atomic mass is 16.8. The summed E-state index contributed by atoms with van der Waals surface area (Å²) in [7, 11) is 0. The summed E-state index contributed by atoms with van der Waals surface area (Å²) in [5.41, 5.74) is -1.30. The van der Waals surface area contributed by atoms with Crippen LogP contribution in [0.25, 0.3) is 0 Å². The quantitative estimate of drug-likeness (QED) is 0.130. The molecule has 0 radical (unpaired) electrons. The number of rotatable bonds is 11. The van der Waals surface area contributed by atoms with Crippen LogP contribution < -0.4 is 0 Å². The monoisotopic (exact) mass is 800 g/mol. The molecule has 7 rings (SSSR count). The molecule has 56 heavy (non-hydrogen) atoms.